The molecule has 0 aliphatic carbocycles. The number of hydrogen-bond donors (Lipinski definition) is 1. The molecule has 0 fully saturated rings. The smallest absolute Gasteiger partial charge is 0.339 e. The molecule has 0 spiro atoms. The normalized spacial score (nSPS) is 13.9. The maximum absolute atomic E-state index is 14.3. The van der Waals surface area contributed by atoms with Gasteiger partial charge in [0.1, 0.15) is 17.0 Å². The van der Waals surface area contributed by atoms with Crippen molar-refractivity contribution in [3.05, 3.63) is 83.1 Å². The van der Waals surface area contributed by atoms with E-state index >= 15 is 0 Å². The van der Waals surface area contributed by atoms with E-state index in [1.165, 1.54) is 9.53 Å². The van der Waals surface area contributed by atoms with E-state index in [1.54, 1.807) is 31.4 Å². The van der Waals surface area contributed by atoms with Gasteiger partial charge in [-0.15, -0.1) is 14.8 Å². The van der Waals surface area contributed by atoms with Crippen molar-refractivity contribution in [1.82, 2.24) is 19.8 Å². The predicted molar refractivity (Wildman–Crippen MR) is 169 cm³/mol. The number of carbonyl (C=O) groups excluding carboxylic acids is 1. The van der Waals surface area contributed by atoms with Crippen molar-refractivity contribution in [3.63, 3.8) is 0 Å². The number of carboxylic acids is 1. The third kappa shape index (κ3) is 4.72. The highest BCUT2D eigenvalue weighted by Gasteiger charge is 2.39. The van der Waals surface area contributed by atoms with Gasteiger partial charge in [0.25, 0.3) is 5.91 Å². The number of amides is 1. The van der Waals surface area contributed by atoms with E-state index in [1.807, 2.05) is 56.3 Å². The zero-order valence-electron chi connectivity index (χ0n) is 25.1. The molecule has 1 amide bonds. The average molecular weight is 590 g/mol. The first kappa shape index (κ1) is 28.5. The molecule has 1 aliphatic heterocycles. The first-order chi connectivity index (χ1) is 21.2. The fourth-order valence-corrected chi connectivity index (χ4v) is 5.56. The number of nitrogens with zero attached hydrogens (tertiary/aromatic N) is 7. The lowest BCUT2D eigenvalue weighted by atomic mass is 10.0. The van der Waals surface area contributed by atoms with Crippen molar-refractivity contribution in [2.75, 3.05) is 30.0 Å². The van der Waals surface area contributed by atoms with E-state index in [-0.39, 0.29) is 28.0 Å². The summed E-state index contributed by atoms with van der Waals surface area (Å²) in [5.74, 6) is -0.857. The van der Waals surface area contributed by atoms with Crippen LogP contribution in [-0.4, -0.2) is 62.7 Å². The Morgan fingerprint density at radius 2 is 1.64 bits per heavy atom. The number of ether oxygens (including phenoxy) is 1. The maximum atomic E-state index is 14.3. The molecule has 3 aromatic carbocycles. The molecule has 1 aliphatic rings. The van der Waals surface area contributed by atoms with E-state index in [0.29, 0.717) is 22.9 Å². The van der Waals surface area contributed by atoms with Gasteiger partial charge in [0.2, 0.25) is 0 Å². The molecule has 1 N–H and O–H groups in total. The number of fused-ring (bicyclic) bond motifs is 3. The number of aliphatic carboxylic acids is 1. The van der Waals surface area contributed by atoms with Crippen molar-refractivity contribution in [3.8, 4) is 17.1 Å². The largest absolute Gasteiger partial charge is 0.497 e. The summed E-state index contributed by atoms with van der Waals surface area (Å²) in [5, 5.41) is 19.9. The Morgan fingerprint density at radius 3 is 2.23 bits per heavy atom. The van der Waals surface area contributed by atoms with Crippen molar-refractivity contribution in [2.45, 2.75) is 27.7 Å². The minimum absolute atomic E-state index is 0.108. The van der Waals surface area contributed by atoms with Gasteiger partial charge in [-0.3, -0.25) is 9.69 Å². The molecule has 6 rings (SSSR count). The number of carboxylic acid groups (broad SMARTS) is 1. The van der Waals surface area contributed by atoms with Gasteiger partial charge in [-0.2, -0.15) is 0 Å². The second-order valence-corrected chi connectivity index (χ2v) is 10.4. The first-order valence-corrected chi connectivity index (χ1v) is 14.3. The van der Waals surface area contributed by atoms with Crippen LogP contribution in [0.3, 0.4) is 0 Å². The molecule has 0 saturated carbocycles. The van der Waals surface area contributed by atoms with Gasteiger partial charge in [-0.05, 0) is 75.2 Å². The molecule has 0 atom stereocenters. The molecule has 0 unspecified atom stereocenters. The van der Waals surface area contributed by atoms with Crippen LogP contribution in [0.4, 0.5) is 22.9 Å². The van der Waals surface area contributed by atoms with Crippen LogP contribution in [0.5, 0.6) is 5.75 Å². The van der Waals surface area contributed by atoms with Crippen LogP contribution in [0, 0.1) is 13.8 Å². The molecule has 222 valence electrons. The zero-order valence-corrected chi connectivity index (χ0v) is 25.1. The predicted octanol–water partition coefficient (Wildman–Crippen LogP) is 4.67. The Morgan fingerprint density at radius 1 is 0.977 bits per heavy atom. The number of hydrogen-bond acceptors (Lipinski definition) is 8. The lowest BCUT2D eigenvalue weighted by Crippen LogP contribution is -2.44. The van der Waals surface area contributed by atoms with Gasteiger partial charge >= 0.3 is 5.97 Å². The monoisotopic (exact) mass is 589 g/mol. The summed E-state index contributed by atoms with van der Waals surface area (Å²) in [6.45, 7) is 9.66. The van der Waals surface area contributed by atoms with Crippen LogP contribution < -0.4 is 19.8 Å². The Labute approximate surface area is 253 Å². The van der Waals surface area contributed by atoms with Crippen molar-refractivity contribution in [2.24, 2.45) is 4.99 Å². The van der Waals surface area contributed by atoms with E-state index in [0.717, 1.165) is 35.5 Å². The molecular weight excluding hydrogens is 558 g/mol. The second kappa shape index (κ2) is 11.3. The summed E-state index contributed by atoms with van der Waals surface area (Å²) in [6, 6.07) is 20.2. The van der Waals surface area contributed by atoms with Crippen LogP contribution in [0.2, 0.25) is 0 Å². The minimum Gasteiger partial charge on any atom is -0.497 e. The standard InChI is InChI=1S/C33H31N7O4/c1-6-38(7-2)23-17-19(3)27(20(4)18-23)34-28-25(33(42)43)26-30-35-29(21-11-9-8-10-12-21)36-40(30)37-31(26)39(32(28)41)22-13-15-24(44-5)16-14-22/h8-18H,6-7H2,1-5H3,(H,42,43). The van der Waals surface area contributed by atoms with Crippen LogP contribution in [-0.2, 0) is 9.59 Å². The number of aromatic nitrogens is 4. The highest BCUT2D eigenvalue weighted by Crippen LogP contribution is 2.34. The maximum Gasteiger partial charge on any atom is 0.339 e. The first-order valence-electron chi connectivity index (χ1n) is 14.3. The molecule has 44 heavy (non-hydrogen) atoms. The molecule has 2 aromatic heterocycles. The van der Waals surface area contributed by atoms with E-state index in [9.17, 15) is 14.7 Å². The summed E-state index contributed by atoms with van der Waals surface area (Å²) >= 11 is 0. The number of methoxy groups -OCH3 is 1. The topological polar surface area (TPSA) is 126 Å². The number of aryl methyl sites for hydroxylation is 2. The van der Waals surface area contributed by atoms with Crippen LogP contribution in [0.15, 0.2) is 71.7 Å². The number of benzene rings is 3. The summed E-state index contributed by atoms with van der Waals surface area (Å²) < 4.78 is 6.58. The summed E-state index contributed by atoms with van der Waals surface area (Å²) in [4.78, 5) is 40.4. The van der Waals surface area contributed by atoms with Gasteiger partial charge in [0.05, 0.1) is 23.7 Å². The van der Waals surface area contributed by atoms with Gasteiger partial charge in [0, 0.05) is 24.3 Å². The molecule has 11 nitrogen and oxygen atoms in total. The van der Waals surface area contributed by atoms with Crippen molar-refractivity contribution < 1.29 is 19.4 Å². The number of aliphatic imine (C=N–C) groups is 1. The van der Waals surface area contributed by atoms with Gasteiger partial charge in [-0.25, -0.2) is 14.8 Å². The van der Waals surface area contributed by atoms with Crippen LogP contribution in [0.1, 0.15) is 25.0 Å². The highest BCUT2D eigenvalue weighted by atomic mass is 16.5. The third-order valence-corrected chi connectivity index (χ3v) is 7.74. The van der Waals surface area contributed by atoms with Crippen LogP contribution in [0.25, 0.3) is 22.6 Å². The zero-order chi connectivity index (χ0) is 31.1. The molecule has 11 heteroatoms. The van der Waals surface area contributed by atoms with E-state index < -0.39 is 11.9 Å². The number of rotatable bonds is 8. The Balaban J connectivity index is 1.64. The second-order valence-electron chi connectivity index (χ2n) is 10.4. The summed E-state index contributed by atoms with van der Waals surface area (Å²) in [7, 11) is 1.55. The molecule has 0 radical (unpaired) electrons. The average Bonchev–Trinajstić information content (AvgIpc) is 3.59. The van der Waals surface area contributed by atoms with Crippen LogP contribution >= 0.6 is 0 Å². The molecule has 3 heterocycles. The number of anilines is 3. The molecular formula is C33H31N7O4. The molecule has 0 bridgehead atoms. The Hall–Kier alpha value is -5.58. The van der Waals surface area contributed by atoms with Gasteiger partial charge in [-0.1, -0.05) is 30.3 Å². The number of carbonyl (C=O) groups is 2. The quantitative estimate of drug-likeness (QED) is 0.277. The lowest BCUT2D eigenvalue weighted by molar-refractivity contribution is -0.130. The van der Waals surface area contributed by atoms with Crippen molar-refractivity contribution in [1.29, 1.82) is 0 Å². The van der Waals surface area contributed by atoms with E-state index in [4.69, 9.17) is 9.73 Å². The summed E-state index contributed by atoms with van der Waals surface area (Å²) in [5.41, 5.74) is 4.12. The summed E-state index contributed by atoms with van der Waals surface area (Å²) in [6.07, 6.45) is 0. The Kier molecular flexibility index (Phi) is 7.30. The van der Waals surface area contributed by atoms with Gasteiger partial charge < -0.3 is 14.7 Å². The highest BCUT2D eigenvalue weighted by molar-refractivity contribution is 6.67. The molecule has 5 aromatic rings. The third-order valence-electron chi connectivity index (χ3n) is 7.74. The van der Waals surface area contributed by atoms with E-state index in [2.05, 4.69) is 33.9 Å². The SMILES string of the molecule is CCN(CC)c1cc(C)c(N=C2C(=O)N(c3ccc(OC)cc3)c3nn4nc(-c5ccccc5)nc4c3=C2C(=O)O)c(C)c1. The Bertz CT molecular complexity index is 1970. The fraction of sp³-hybridized carbons (Fsp3) is 0.212. The molecule has 0 saturated heterocycles. The van der Waals surface area contributed by atoms with Crippen molar-refractivity contribution >= 4 is 51.7 Å². The fourth-order valence-electron chi connectivity index (χ4n) is 5.56. The van der Waals surface area contributed by atoms with Gasteiger partial charge in [0.15, 0.2) is 17.3 Å². The lowest BCUT2D eigenvalue weighted by Gasteiger charge is -2.26. The minimum atomic E-state index is -1.32.